The summed E-state index contributed by atoms with van der Waals surface area (Å²) < 4.78 is 5.49. The Morgan fingerprint density at radius 2 is 1.57 bits per heavy atom. The van der Waals surface area contributed by atoms with E-state index in [0.717, 1.165) is 24.8 Å². The van der Waals surface area contributed by atoms with Crippen molar-refractivity contribution in [1.29, 1.82) is 0 Å². The number of Topliss-reactive ketones (excluding diaryl/α,β-unsaturated/α-hetero) is 1. The van der Waals surface area contributed by atoms with Gasteiger partial charge in [0.05, 0.1) is 6.04 Å². The zero-order valence-corrected chi connectivity index (χ0v) is 31.2. The highest BCUT2D eigenvalue weighted by molar-refractivity contribution is 6.12. The quantitative estimate of drug-likeness (QED) is 0.111. The van der Waals surface area contributed by atoms with Gasteiger partial charge in [-0.25, -0.2) is 9.59 Å². The van der Waals surface area contributed by atoms with Gasteiger partial charge < -0.3 is 31.3 Å². The van der Waals surface area contributed by atoms with E-state index in [4.69, 9.17) is 10.5 Å². The van der Waals surface area contributed by atoms with E-state index in [-0.39, 0.29) is 66.5 Å². The Morgan fingerprint density at radius 1 is 0.922 bits per heavy atom. The largest absolute Gasteiger partial charge is 0.445 e. The summed E-state index contributed by atoms with van der Waals surface area (Å²) in [5.41, 5.74) is 6.70. The van der Waals surface area contributed by atoms with Gasteiger partial charge >= 0.3 is 12.1 Å². The van der Waals surface area contributed by atoms with Gasteiger partial charge in [0.25, 0.3) is 11.8 Å². The highest BCUT2D eigenvalue weighted by atomic mass is 16.6. The van der Waals surface area contributed by atoms with Crippen LogP contribution in [0, 0.1) is 23.2 Å². The molecular weight excluding hydrogens is 652 g/mol. The van der Waals surface area contributed by atoms with Gasteiger partial charge in [0.15, 0.2) is 5.78 Å². The predicted octanol–water partition coefficient (Wildman–Crippen LogP) is 4.75. The zero-order valence-electron chi connectivity index (χ0n) is 31.2. The highest BCUT2D eigenvalue weighted by Crippen LogP contribution is 2.34. The Labute approximate surface area is 302 Å². The Bertz CT molecular complexity index is 1380. The molecule has 1 unspecified atom stereocenters. The molecule has 13 heteroatoms. The summed E-state index contributed by atoms with van der Waals surface area (Å²) >= 11 is 0. The molecule has 1 fully saturated rings. The summed E-state index contributed by atoms with van der Waals surface area (Å²) in [7, 11) is 0. The fourth-order valence-corrected chi connectivity index (χ4v) is 6.19. The van der Waals surface area contributed by atoms with Crippen LogP contribution in [-0.4, -0.2) is 83.7 Å². The maximum absolute atomic E-state index is 13.7. The highest BCUT2D eigenvalue weighted by Gasteiger charge is 2.39. The average molecular weight is 711 g/mol. The number of imide groups is 1. The van der Waals surface area contributed by atoms with Crippen molar-refractivity contribution in [2.75, 3.05) is 31.5 Å². The number of carbonyl (C=O) groups is 6. The van der Waals surface area contributed by atoms with Crippen LogP contribution in [0.5, 0.6) is 0 Å². The monoisotopic (exact) mass is 710 g/mol. The first-order valence-electron chi connectivity index (χ1n) is 18.2. The second-order valence-corrected chi connectivity index (χ2v) is 15.3. The van der Waals surface area contributed by atoms with E-state index in [1.54, 1.807) is 29.2 Å². The van der Waals surface area contributed by atoms with Gasteiger partial charge in [-0.05, 0) is 67.6 Å². The normalized spacial score (nSPS) is 16.5. The van der Waals surface area contributed by atoms with Crippen molar-refractivity contribution in [3.8, 4) is 0 Å². The number of rotatable bonds is 20. The molecule has 3 rings (SSSR count). The molecule has 2 heterocycles. The number of urea groups is 1. The van der Waals surface area contributed by atoms with Gasteiger partial charge in [0, 0.05) is 62.4 Å². The smallest absolute Gasteiger partial charge is 0.410 e. The molecule has 0 spiro atoms. The Hall–Kier alpha value is -4.26. The van der Waals surface area contributed by atoms with E-state index < -0.39 is 18.0 Å². The zero-order chi connectivity index (χ0) is 37.7. The van der Waals surface area contributed by atoms with Crippen LogP contribution in [0.3, 0.4) is 0 Å². The summed E-state index contributed by atoms with van der Waals surface area (Å²) in [6, 6.07) is 5.99. The summed E-state index contributed by atoms with van der Waals surface area (Å²) in [5.74, 6) is -1.09. The molecule has 0 aliphatic carbocycles. The van der Waals surface area contributed by atoms with Gasteiger partial charge in [0.1, 0.15) is 6.61 Å². The lowest BCUT2D eigenvalue weighted by molar-refractivity contribution is -0.136. The number of unbranched alkanes of at least 4 members (excludes halogenated alkanes) is 2. The molecule has 1 saturated heterocycles. The van der Waals surface area contributed by atoms with Crippen molar-refractivity contribution in [2.45, 2.75) is 105 Å². The third-order valence-corrected chi connectivity index (χ3v) is 9.69. The third-order valence-electron chi connectivity index (χ3n) is 9.69. The van der Waals surface area contributed by atoms with Crippen LogP contribution in [0.2, 0.25) is 0 Å². The molecule has 0 radical (unpaired) electrons. The van der Waals surface area contributed by atoms with Crippen molar-refractivity contribution >= 4 is 41.3 Å². The van der Waals surface area contributed by atoms with E-state index in [1.807, 2.05) is 20.8 Å². The first-order valence-corrected chi connectivity index (χ1v) is 18.2. The minimum absolute atomic E-state index is 0.0115. The number of nitrogens with one attached hydrogen (secondary N) is 3. The molecule has 3 atom stereocenters. The topological polar surface area (TPSA) is 180 Å². The molecule has 6 amide bonds. The Balaban J connectivity index is 1.50. The molecular formula is C38H58N6O7. The van der Waals surface area contributed by atoms with Gasteiger partial charge in [-0.3, -0.25) is 24.1 Å². The number of ether oxygens (including phenoxy) is 1. The van der Waals surface area contributed by atoms with Gasteiger partial charge in [0.2, 0.25) is 5.91 Å². The lowest BCUT2D eigenvalue weighted by Gasteiger charge is -2.45. The molecule has 2 aliphatic rings. The Morgan fingerprint density at radius 3 is 2.16 bits per heavy atom. The second-order valence-electron chi connectivity index (χ2n) is 15.3. The summed E-state index contributed by atoms with van der Waals surface area (Å²) in [5, 5.41) is 8.93. The van der Waals surface area contributed by atoms with Crippen molar-refractivity contribution in [1.82, 2.24) is 20.4 Å². The Kier molecular flexibility index (Phi) is 15.6. The molecule has 1 aromatic carbocycles. The van der Waals surface area contributed by atoms with Gasteiger partial charge in [-0.2, -0.15) is 0 Å². The van der Waals surface area contributed by atoms with Crippen LogP contribution in [0.4, 0.5) is 15.3 Å². The molecule has 282 valence electrons. The molecule has 0 aromatic heterocycles. The van der Waals surface area contributed by atoms with Crippen LogP contribution in [0.15, 0.2) is 36.4 Å². The van der Waals surface area contributed by atoms with Crippen molar-refractivity contribution in [2.24, 2.45) is 28.9 Å². The SMILES string of the molecule is CC(CCCCCN1C(=O)C=CC1=O)N[C@H](C(=O)C[C@@H](CCCNC(N)=O)C(=O)Nc1ccc(COC(=O)N2CC(C(C)(C)C)C2)cc1)C(C)C. The predicted molar refractivity (Wildman–Crippen MR) is 195 cm³/mol. The van der Waals surface area contributed by atoms with E-state index >= 15 is 0 Å². The number of nitrogens with zero attached hydrogens (tertiary/aromatic N) is 2. The number of ketones is 1. The van der Waals surface area contributed by atoms with Crippen molar-refractivity contribution in [3.05, 3.63) is 42.0 Å². The molecule has 51 heavy (non-hydrogen) atoms. The van der Waals surface area contributed by atoms with E-state index in [1.165, 1.54) is 17.1 Å². The fraction of sp³-hybridized carbons (Fsp3) is 0.632. The van der Waals surface area contributed by atoms with E-state index in [0.29, 0.717) is 50.5 Å². The maximum Gasteiger partial charge on any atom is 0.410 e. The first-order chi connectivity index (χ1) is 24.0. The molecule has 0 saturated carbocycles. The fourth-order valence-electron chi connectivity index (χ4n) is 6.19. The number of nitrogens with two attached hydrogens (primary N) is 1. The number of likely N-dealkylation sites (tertiary alicyclic amines) is 1. The number of hydrogen-bond acceptors (Lipinski definition) is 8. The van der Waals surface area contributed by atoms with Crippen LogP contribution in [0.1, 0.15) is 92.1 Å². The number of anilines is 1. The minimum Gasteiger partial charge on any atom is -0.445 e. The molecule has 0 bridgehead atoms. The molecule has 1 aromatic rings. The lowest BCUT2D eigenvalue weighted by atomic mass is 9.76. The number of benzene rings is 1. The third kappa shape index (κ3) is 13.4. The summed E-state index contributed by atoms with van der Waals surface area (Å²) in [6.07, 6.45) is 6.34. The maximum atomic E-state index is 13.7. The van der Waals surface area contributed by atoms with Crippen molar-refractivity contribution in [3.63, 3.8) is 0 Å². The molecule has 2 aliphatic heterocycles. The standard InChI is InChI=1S/C38H58N6O7/c1-25(2)34(41-26(3)11-8-7-9-20-44-32(46)17-18-33(44)47)31(45)21-28(12-10-19-40-36(39)49)35(48)42-30-15-13-27(14-16-30)24-51-37(50)43-22-29(23-43)38(4,5)6/h13-18,25-26,28-29,34,41H,7-12,19-24H2,1-6H3,(H,42,48)(H3,39,40,49)/t26?,28-,34+/m1/s1. The minimum atomic E-state index is -0.648. The van der Waals surface area contributed by atoms with Crippen molar-refractivity contribution < 1.29 is 33.5 Å². The van der Waals surface area contributed by atoms with Crippen LogP contribution >= 0.6 is 0 Å². The lowest BCUT2D eigenvalue weighted by Crippen LogP contribution is -2.54. The second kappa shape index (κ2) is 19.4. The van der Waals surface area contributed by atoms with E-state index in [2.05, 4.69) is 36.7 Å². The first kappa shape index (κ1) is 41.2. The van der Waals surface area contributed by atoms with Crippen LogP contribution in [-0.2, 0) is 30.5 Å². The van der Waals surface area contributed by atoms with Gasteiger partial charge in [-0.1, -0.05) is 59.6 Å². The number of amides is 6. The molecule has 13 nitrogen and oxygen atoms in total. The molecule has 5 N–H and O–H groups in total. The van der Waals surface area contributed by atoms with Gasteiger partial charge in [-0.15, -0.1) is 0 Å². The number of carbonyl (C=O) groups excluding carboxylic acids is 6. The van der Waals surface area contributed by atoms with Crippen LogP contribution < -0.4 is 21.7 Å². The summed E-state index contributed by atoms with van der Waals surface area (Å²) in [6.45, 7) is 14.7. The number of primary amides is 1. The van der Waals surface area contributed by atoms with Crippen LogP contribution in [0.25, 0.3) is 0 Å². The average Bonchev–Trinajstić information content (AvgIpc) is 3.35. The number of hydrogen-bond donors (Lipinski definition) is 4. The summed E-state index contributed by atoms with van der Waals surface area (Å²) in [4.78, 5) is 77.2. The van der Waals surface area contributed by atoms with E-state index in [9.17, 15) is 28.8 Å².